The maximum atomic E-state index is 13.2. The molecule has 0 aliphatic carbocycles. The van der Waals surface area contributed by atoms with E-state index in [1.807, 2.05) is 59.2 Å². The van der Waals surface area contributed by atoms with Crippen molar-refractivity contribution in [2.45, 2.75) is 32.2 Å². The Morgan fingerprint density at radius 3 is 2.44 bits per heavy atom. The van der Waals surface area contributed by atoms with Gasteiger partial charge in [0, 0.05) is 38.3 Å². The minimum Gasteiger partial charge on any atom is -0.494 e. The molecule has 2 aromatic carbocycles. The Kier molecular flexibility index (Phi) is 7.43. The second-order valence-electron chi connectivity index (χ2n) is 8.54. The van der Waals surface area contributed by atoms with Crippen molar-refractivity contribution in [2.75, 3.05) is 45.9 Å². The lowest BCUT2D eigenvalue weighted by Crippen LogP contribution is -2.42. The molecule has 1 atom stereocenters. The Morgan fingerprint density at radius 1 is 0.906 bits per heavy atom. The number of rotatable bonds is 6. The average molecular weight is 436 g/mol. The van der Waals surface area contributed by atoms with Gasteiger partial charge in [-0.05, 0) is 56.0 Å². The van der Waals surface area contributed by atoms with Crippen LogP contribution in [0.1, 0.15) is 48.1 Å². The number of nitrogens with zero attached hydrogens (tertiary/aromatic N) is 3. The summed E-state index contributed by atoms with van der Waals surface area (Å²) >= 11 is 0. The third-order valence-electron chi connectivity index (χ3n) is 6.40. The summed E-state index contributed by atoms with van der Waals surface area (Å²) in [5, 5.41) is 0. The standard InChI is InChI=1S/C26H33N3O3/c1-2-32-23-13-11-21(12-14-23)24-10-6-17-29(24)25(30)20-27-15-7-16-28(19-18-27)26(31)22-8-4-3-5-9-22/h3-5,8-9,11-14,24H,2,6-7,10,15-20H2,1H3. The molecule has 4 rings (SSSR count). The van der Waals surface area contributed by atoms with Crippen LogP contribution in [0.25, 0.3) is 0 Å². The van der Waals surface area contributed by atoms with Crippen molar-refractivity contribution in [3.63, 3.8) is 0 Å². The second kappa shape index (κ2) is 10.6. The first-order valence-electron chi connectivity index (χ1n) is 11.7. The van der Waals surface area contributed by atoms with E-state index in [4.69, 9.17) is 4.74 Å². The quantitative estimate of drug-likeness (QED) is 0.696. The van der Waals surface area contributed by atoms with Gasteiger partial charge in [-0.15, -0.1) is 0 Å². The Balaban J connectivity index is 1.33. The fraction of sp³-hybridized carbons (Fsp3) is 0.462. The summed E-state index contributed by atoms with van der Waals surface area (Å²) in [7, 11) is 0. The molecule has 32 heavy (non-hydrogen) atoms. The third kappa shape index (κ3) is 5.30. The van der Waals surface area contributed by atoms with Gasteiger partial charge >= 0.3 is 0 Å². The number of carbonyl (C=O) groups is 2. The molecule has 2 aliphatic heterocycles. The van der Waals surface area contributed by atoms with Crippen LogP contribution in [0.5, 0.6) is 5.75 Å². The Bertz CT molecular complexity index is 900. The van der Waals surface area contributed by atoms with Gasteiger partial charge < -0.3 is 14.5 Å². The number of likely N-dealkylation sites (tertiary alicyclic amines) is 1. The summed E-state index contributed by atoms with van der Waals surface area (Å²) < 4.78 is 5.55. The van der Waals surface area contributed by atoms with E-state index in [9.17, 15) is 9.59 Å². The van der Waals surface area contributed by atoms with Crippen LogP contribution in [0.3, 0.4) is 0 Å². The normalized spacial score (nSPS) is 19.6. The maximum absolute atomic E-state index is 13.2. The molecule has 6 heteroatoms. The SMILES string of the molecule is CCOc1ccc(C2CCCN2C(=O)CN2CCCN(C(=O)c3ccccc3)CC2)cc1. The van der Waals surface area contributed by atoms with Crippen LogP contribution in [0.4, 0.5) is 0 Å². The average Bonchev–Trinajstić information content (AvgIpc) is 3.21. The van der Waals surface area contributed by atoms with Gasteiger partial charge in [-0.2, -0.15) is 0 Å². The predicted molar refractivity (Wildman–Crippen MR) is 125 cm³/mol. The zero-order valence-electron chi connectivity index (χ0n) is 18.9. The van der Waals surface area contributed by atoms with Crippen LogP contribution in [-0.4, -0.2) is 72.4 Å². The Labute approximate surface area is 190 Å². The van der Waals surface area contributed by atoms with Gasteiger partial charge in [0.1, 0.15) is 5.75 Å². The van der Waals surface area contributed by atoms with Crippen molar-refractivity contribution in [3.05, 3.63) is 65.7 Å². The van der Waals surface area contributed by atoms with E-state index in [0.29, 0.717) is 19.7 Å². The van der Waals surface area contributed by atoms with E-state index in [-0.39, 0.29) is 17.9 Å². The molecule has 0 aromatic heterocycles. The molecule has 2 heterocycles. The molecule has 0 spiro atoms. The summed E-state index contributed by atoms with van der Waals surface area (Å²) in [6.45, 7) is 6.81. The van der Waals surface area contributed by atoms with Gasteiger partial charge in [-0.3, -0.25) is 14.5 Å². The molecule has 170 valence electrons. The molecular weight excluding hydrogens is 402 g/mol. The monoisotopic (exact) mass is 435 g/mol. The van der Waals surface area contributed by atoms with Crippen LogP contribution in [0, 0.1) is 0 Å². The van der Waals surface area contributed by atoms with E-state index in [0.717, 1.165) is 56.8 Å². The minimum absolute atomic E-state index is 0.0777. The molecule has 0 N–H and O–H groups in total. The number of hydrogen-bond acceptors (Lipinski definition) is 4. The summed E-state index contributed by atoms with van der Waals surface area (Å²) in [6.07, 6.45) is 2.91. The van der Waals surface area contributed by atoms with E-state index >= 15 is 0 Å². The Morgan fingerprint density at radius 2 is 1.69 bits per heavy atom. The van der Waals surface area contributed by atoms with Gasteiger partial charge in [0.05, 0.1) is 19.2 Å². The number of amides is 2. The number of benzene rings is 2. The number of hydrogen-bond donors (Lipinski definition) is 0. The van der Waals surface area contributed by atoms with Gasteiger partial charge in [0.15, 0.2) is 0 Å². The third-order valence-corrected chi connectivity index (χ3v) is 6.40. The van der Waals surface area contributed by atoms with Crippen molar-refractivity contribution in [2.24, 2.45) is 0 Å². The molecule has 2 saturated heterocycles. The fourth-order valence-corrected chi connectivity index (χ4v) is 4.74. The smallest absolute Gasteiger partial charge is 0.253 e. The minimum atomic E-state index is 0.0777. The first kappa shape index (κ1) is 22.3. The van der Waals surface area contributed by atoms with Crippen molar-refractivity contribution in [1.29, 1.82) is 0 Å². The first-order valence-corrected chi connectivity index (χ1v) is 11.7. The van der Waals surface area contributed by atoms with Gasteiger partial charge in [-0.25, -0.2) is 0 Å². The lowest BCUT2D eigenvalue weighted by Gasteiger charge is -2.28. The highest BCUT2D eigenvalue weighted by molar-refractivity contribution is 5.94. The van der Waals surface area contributed by atoms with Crippen LogP contribution in [-0.2, 0) is 4.79 Å². The first-order chi connectivity index (χ1) is 15.7. The lowest BCUT2D eigenvalue weighted by atomic mass is 10.0. The van der Waals surface area contributed by atoms with E-state index in [1.54, 1.807) is 0 Å². The van der Waals surface area contributed by atoms with E-state index in [2.05, 4.69) is 17.0 Å². The number of carbonyl (C=O) groups excluding carboxylic acids is 2. The molecule has 0 bridgehead atoms. The highest BCUT2D eigenvalue weighted by Gasteiger charge is 2.31. The summed E-state index contributed by atoms with van der Waals surface area (Å²) in [5.41, 5.74) is 1.90. The molecule has 0 saturated carbocycles. The number of ether oxygens (including phenoxy) is 1. The molecule has 0 radical (unpaired) electrons. The van der Waals surface area contributed by atoms with E-state index < -0.39 is 0 Å². The molecule has 6 nitrogen and oxygen atoms in total. The summed E-state index contributed by atoms with van der Waals surface area (Å²) in [6, 6.07) is 17.7. The van der Waals surface area contributed by atoms with E-state index in [1.165, 1.54) is 5.56 Å². The van der Waals surface area contributed by atoms with Crippen molar-refractivity contribution in [1.82, 2.24) is 14.7 Å². The van der Waals surface area contributed by atoms with Gasteiger partial charge in [0.25, 0.3) is 5.91 Å². The molecule has 2 amide bonds. The summed E-state index contributed by atoms with van der Waals surface area (Å²) in [5.74, 6) is 1.13. The van der Waals surface area contributed by atoms with Crippen molar-refractivity contribution in [3.8, 4) is 5.75 Å². The topological polar surface area (TPSA) is 53.1 Å². The van der Waals surface area contributed by atoms with Crippen molar-refractivity contribution >= 4 is 11.8 Å². The lowest BCUT2D eigenvalue weighted by molar-refractivity contribution is -0.133. The predicted octanol–water partition coefficient (Wildman–Crippen LogP) is 3.60. The van der Waals surface area contributed by atoms with Crippen LogP contribution >= 0.6 is 0 Å². The largest absolute Gasteiger partial charge is 0.494 e. The molecule has 2 aliphatic rings. The highest BCUT2D eigenvalue weighted by atomic mass is 16.5. The maximum Gasteiger partial charge on any atom is 0.253 e. The second-order valence-corrected chi connectivity index (χ2v) is 8.54. The van der Waals surface area contributed by atoms with Gasteiger partial charge in [0.2, 0.25) is 5.91 Å². The van der Waals surface area contributed by atoms with Crippen LogP contribution in [0.15, 0.2) is 54.6 Å². The summed E-state index contributed by atoms with van der Waals surface area (Å²) in [4.78, 5) is 32.1. The fourth-order valence-electron chi connectivity index (χ4n) is 4.74. The van der Waals surface area contributed by atoms with Crippen LogP contribution < -0.4 is 4.74 Å². The molecule has 1 unspecified atom stereocenters. The molecule has 2 fully saturated rings. The van der Waals surface area contributed by atoms with Crippen molar-refractivity contribution < 1.29 is 14.3 Å². The van der Waals surface area contributed by atoms with Crippen LogP contribution in [0.2, 0.25) is 0 Å². The Hall–Kier alpha value is -2.86. The van der Waals surface area contributed by atoms with Gasteiger partial charge in [-0.1, -0.05) is 30.3 Å². The zero-order valence-corrected chi connectivity index (χ0v) is 18.9. The highest BCUT2D eigenvalue weighted by Crippen LogP contribution is 2.33. The zero-order chi connectivity index (χ0) is 22.3. The molecule has 2 aromatic rings. The molecular formula is C26H33N3O3.